The molecule has 0 aliphatic heterocycles. The lowest BCUT2D eigenvalue weighted by molar-refractivity contribution is -0.00703. The maximum atomic E-state index is 12.5. The molecule has 12 heteroatoms. The van der Waals surface area contributed by atoms with Crippen molar-refractivity contribution in [1.82, 2.24) is 0 Å². The third-order valence-electron chi connectivity index (χ3n) is 5.84. The molecule has 0 unspecified atom stereocenters. The van der Waals surface area contributed by atoms with E-state index in [1.54, 1.807) is 36.4 Å². The van der Waals surface area contributed by atoms with Crippen LogP contribution in [0.4, 0.5) is 0 Å². The Kier molecular flexibility index (Phi) is 22.4. The van der Waals surface area contributed by atoms with E-state index in [1.807, 2.05) is 0 Å². The molecule has 0 aromatic heterocycles. The average Bonchev–Trinajstić information content (AvgIpc) is 3.07. The molecular weight excluding hydrogens is 600 g/mol. The Morgan fingerprint density at radius 1 is 0.435 bits per heavy atom. The maximum absolute atomic E-state index is 12.5. The lowest BCUT2D eigenvalue weighted by Crippen LogP contribution is -2.15. The van der Waals surface area contributed by atoms with E-state index in [0.717, 1.165) is 10.8 Å². The van der Waals surface area contributed by atoms with E-state index < -0.39 is 11.9 Å². The molecule has 0 aliphatic rings. The van der Waals surface area contributed by atoms with E-state index in [4.69, 9.17) is 60.2 Å². The third kappa shape index (κ3) is 18.4. The SMILES string of the molecule is C#CCOCCOCCOCCOCCOC(=O)c1ccc2cc(C(=O)OCCOCCOCCOCCOCC#C)ccc2c1. The molecule has 2 rings (SSSR count). The third-order valence-corrected chi connectivity index (χ3v) is 5.84. The van der Waals surface area contributed by atoms with Gasteiger partial charge in [-0.15, -0.1) is 12.8 Å². The number of esters is 2. The smallest absolute Gasteiger partial charge is 0.338 e. The van der Waals surface area contributed by atoms with Crippen LogP contribution in [0, 0.1) is 24.7 Å². The molecule has 0 N–H and O–H groups in total. The summed E-state index contributed by atoms with van der Waals surface area (Å²) in [6.07, 6.45) is 10.2. The molecule has 0 heterocycles. The van der Waals surface area contributed by atoms with Gasteiger partial charge >= 0.3 is 11.9 Å². The summed E-state index contributed by atoms with van der Waals surface area (Å²) in [5.41, 5.74) is 0.797. The van der Waals surface area contributed by atoms with Gasteiger partial charge in [0.05, 0.1) is 104 Å². The molecule has 0 bridgehead atoms. The summed E-state index contributed by atoms with van der Waals surface area (Å²) in [6, 6.07) is 10.2. The molecule has 0 spiro atoms. The molecule has 46 heavy (non-hydrogen) atoms. The van der Waals surface area contributed by atoms with Gasteiger partial charge in [-0.25, -0.2) is 9.59 Å². The Morgan fingerprint density at radius 3 is 1.02 bits per heavy atom. The lowest BCUT2D eigenvalue weighted by atomic mass is 10.0. The van der Waals surface area contributed by atoms with Crippen LogP contribution in [-0.4, -0.2) is 131 Å². The molecular formula is C34H44O12. The van der Waals surface area contributed by atoms with Crippen LogP contribution in [0.15, 0.2) is 36.4 Å². The first-order valence-electron chi connectivity index (χ1n) is 15.0. The Bertz CT molecular complexity index is 1110. The first-order chi connectivity index (χ1) is 22.7. The quantitative estimate of drug-likeness (QED) is 0.0768. The number of carbonyl (C=O) groups is 2. The van der Waals surface area contributed by atoms with Crippen molar-refractivity contribution in [2.24, 2.45) is 0 Å². The molecule has 12 nitrogen and oxygen atoms in total. The summed E-state index contributed by atoms with van der Waals surface area (Å²) < 4.78 is 53.1. The van der Waals surface area contributed by atoms with Crippen molar-refractivity contribution in [3.8, 4) is 24.7 Å². The van der Waals surface area contributed by atoms with Gasteiger partial charge in [-0.3, -0.25) is 0 Å². The van der Waals surface area contributed by atoms with Gasteiger partial charge in [-0.1, -0.05) is 24.0 Å². The van der Waals surface area contributed by atoms with E-state index in [1.165, 1.54) is 0 Å². The summed E-state index contributed by atoms with van der Waals surface area (Å²) in [6.45, 7) is 6.40. The fourth-order valence-electron chi connectivity index (χ4n) is 3.63. The molecule has 0 fully saturated rings. The summed E-state index contributed by atoms with van der Waals surface area (Å²) in [5, 5.41) is 1.57. The number of ether oxygens (including phenoxy) is 10. The van der Waals surface area contributed by atoms with Crippen LogP contribution in [0.2, 0.25) is 0 Å². The minimum absolute atomic E-state index is 0.110. The second kappa shape index (κ2) is 26.6. The van der Waals surface area contributed by atoms with Crippen molar-refractivity contribution in [2.45, 2.75) is 0 Å². The van der Waals surface area contributed by atoms with Crippen molar-refractivity contribution < 1.29 is 57.0 Å². The Morgan fingerprint density at radius 2 is 0.717 bits per heavy atom. The number of hydrogen-bond acceptors (Lipinski definition) is 12. The molecule has 2 aromatic carbocycles. The monoisotopic (exact) mass is 644 g/mol. The fourth-order valence-corrected chi connectivity index (χ4v) is 3.63. The number of benzene rings is 2. The first kappa shape index (κ1) is 38.6. The normalized spacial score (nSPS) is 10.8. The van der Waals surface area contributed by atoms with Crippen molar-refractivity contribution in [3.63, 3.8) is 0 Å². The van der Waals surface area contributed by atoms with Gasteiger partial charge < -0.3 is 47.4 Å². The highest BCUT2D eigenvalue weighted by Gasteiger charge is 2.11. The van der Waals surface area contributed by atoms with E-state index in [2.05, 4.69) is 11.8 Å². The van der Waals surface area contributed by atoms with Gasteiger partial charge in [0.15, 0.2) is 0 Å². The number of fused-ring (bicyclic) bond motifs is 1. The van der Waals surface area contributed by atoms with Crippen molar-refractivity contribution in [2.75, 3.05) is 119 Å². The van der Waals surface area contributed by atoms with Crippen molar-refractivity contribution in [1.29, 1.82) is 0 Å². The number of rotatable bonds is 28. The Labute approximate surface area is 270 Å². The highest BCUT2D eigenvalue weighted by Crippen LogP contribution is 2.19. The van der Waals surface area contributed by atoms with E-state index in [0.29, 0.717) is 90.4 Å². The van der Waals surface area contributed by atoms with Gasteiger partial charge in [0.2, 0.25) is 0 Å². The van der Waals surface area contributed by atoms with Crippen LogP contribution in [0.1, 0.15) is 20.7 Å². The molecule has 0 aliphatic carbocycles. The van der Waals surface area contributed by atoms with Crippen LogP contribution >= 0.6 is 0 Å². The largest absolute Gasteiger partial charge is 0.460 e. The molecule has 0 amide bonds. The summed E-state index contributed by atoms with van der Waals surface area (Å²) in [7, 11) is 0. The van der Waals surface area contributed by atoms with Crippen LogP contribution in [-0.2, 0) is 47.4 Å². The van der Waals surface area contributed by atoms with Crippen LogP contribution in [0.3, 0.4) is 0 Å². The zero-order chi connectivity index (χ0) is 32.9. The summed E-state index contributed by atoms with van der Waals surface area (Å²) in [5.74, 6) is 3.84. The standard InChI is InChI=1S/C34H44O12/c1-3-9-37-11-13-39-15-17-41-19-21-43-23-25-45-33(35)31-7-5-30-28-32(8-6-29(30)27-31)34(36)46-26-24-44-22-20-42-18-16-40-14-12-38-10-4-2/h1-2,5-8,27-28H,9-26H2. The second-order valence-corrected chi connectivity index (χ2v) is 9.24. The van der Waals surface area contributed by atoms with E-state index >= 15 is 0 Å². The van der Waals surface area contributed by atoms with Crippen LogP contribution in [0.5, 0.6) is 0 Å². The first-order valence-corrected chi connectivity index (χ1v) is 15.0. The predicted molar refractivity (Wildman–Crippen MR) is 169 cm³/mol. The number of terminal acetylenes is 2. The minimum Gasteiger partial charge on any atom is -0.460 e. The van der Waals surface area contributed by atoms with Crippen molar-refractivity contribution >= 4 is 22.7 Å². The van der Waals surface area contributed by atoms with Gasteiger partial charge in [-0.2, -0.15) is 0 Å². The average molecular weight is 645 g/mol. The molecule has 252 valence electrons. The predicted octanol–water partition coefficient (Wildman–Crippen LogP) is 2.55. The topological polar surface area (TPSA) is 126 Å². The molecule has 0 atom stereocenters. The Hall–Kier alpha value is -3.56. The van der Waals surface area contributed by atoms with E-state index in [9.17, 15) is 9.59 Å². The van der Waals surface area contributed by atoms with Gasteiger partial charge in [0, 0.05) is 0 Å². The number of hydrogen-bond donors (Lipinski definition) is 0. The minimum atomic E-state index is -0.463. The molecule has 0 saturated heterocycles. The van der Waals surface area contributed by atoms with Crippen LogP contribution < -0.4 is 0 Å². The lowest BCUT2D eigenvalue weighted by Gasteiger charge is -2.09. The maximum Gasteiger partial charge on any atom is 0.338 e. The highest BCUT2D eigenvalue weighted by atomic mass is 16.6. The van der Waals surface area contributed by atoms with E-state index in [-0.39, 0.29) is 39.6 Å². The second-order valence-electron chi connectivity index (χ2n) is 9.24. The van der Waals surface area contributed by atoms with Crippen LogP contribution in [0.25, 0.3) is 10.8 Å². The summed E-state index contributed by atoms with van der Waals surface area (Å²) in [4.78, 5) is 24.9. The zero-order valence-electron chi connectivity index (χ0n) is 26.2. The zero-order valence-corrected chi connectivity index (χ0v) is 26.2. The molecule has 0 saturated carbocycles. The summed E-state index contributed by atoms with van der Waals surface area (Å²) >= 11 is 0. The van der Waals surface area contributed by atoms with Gasteiger partial charge in [0.1, 0.15) is 26.4 Å². The fraction of sp³-hybridized carbons (Fsp3) is 0.529. The van der Waals surface area contributed by atoms with Gasteiger partial charge in [-0.05, 0) is 35.0 Å². The van der Waals surface area contributed by atoms with Crippen molar-refractivity contribution in [3.05, 3.63) is 47.5 Å². The molecule has 0 radical (unpaired) electrons. The molecule has 2 aromatic rings. The highest BCUT2D eigenvalue weighted by molar-refractivity contribution is 5.99. The number of carbonyl (C=O) groups excluding carboxylic acids is 2. The Balaban J connectivity index is 1.51. The van der Waals surface area contributed by atoms with Gasteiger partial charge in [0.25, 0.3) is 0 Å².